The topological polar surface area (TPSA) is 220 Å². The van der Waals surface area contributed by atoms with Crippen LogP contribution in [0.5, 0.6) is 0 Å². The van der Waals surface area contributed by atoms with Crippen LogP contribution in [0.1, 0.15) is 228 Å². The fourth-order valence-electron chi connectivity index (χ4n) is 11.2. The summed E-state index contributed by atoms with van der Waals surface area (Å²) in [5, 5.41) is 66.4. The molecule has 1 saturated heterocycles. The van der Waals surface area contributed by atoms with Crippen molar-refractivity contribution in [2.45, 2.75) is 235 Å². The zero-order chi connectivity index (χ0) is 78.2. The van der Waals surface area contributed by atoms with Crippen LogP contribution >= 0.6 is 0 Å². The lowest BCUT2D eigenvalue weighted by Gasteiger charge is -2.34. The van der Waals surface area contributed by atoms with E-state index >= 15 is 0 Å². The van der Waals surface area contributed by atoms with Crippen LogP contribution in [0.3, 0.4) is 0 Å². The molecule has 1 rings (SSSR count). The maximum atomic E-state index is 10.0. The third-order valence-corrected chi connectivity index (χ3v) is 22.2. The molecule has 27 heteroatoms. The van der Waals surface area contributed by atoms with E-state index in [1.54, 1.807) is 6.92 Å². The number of carbonyl (C=O) groups is 1. The van der Waals surface area contributed by atoms with Gasteiger partial charge < -0.3 is 103 Å². The van der Waals surface area contributed by atoms with Crippen LogP contribution in [0.15, 0.2) is 0 Å². The van der Waals surface area contributed by atoms with Crippen molar-refractivity contribution in [3.63, 3.8) is 0 Å². The van der Waals surface area contributed by atoms with Gasteiger partial charge in [-0.3, -0.25) is 0 Å². The van der Waals surface area contributed by atoms with E-state index in [1.165, 1.54) is 245 Å². The maximum absolute atomic E-state index is 10.0. The predicted molar refractivity (Wildman–Crippen MR) is 389 cm³/mol. The van der Waals surface area contributed by atoms with Gasteiger partial charge in [0.25, 0.3) is 0 Å². The maximum Gasteiger partial charge on any atom is 0.508 e. The monoisotopic (exact) mass is 1390 g/mol. The highest BCUT2D eigenvalue weighted by Gasteiger charge is 2.22. The number of hydrogen-bond donors (Lipinski definition) is 0. The third kappa shape index (κ3) is 70.8. The summed E-state index contributed by atoms with van der Waals surface area (Å²) in [5.74, 6) is 0. The summed E-state index contributed by atoms with van der Waals surface area (Å²) in [6.45, 7) is 116. The molecular weight excluding hydrogens is 1220 g/mol. The summed E-state index contributed by atoms with van der Waals surface area (Å²) in [6.07, 6.45) is -0.597. The van der Waals surface area contributed by atoms with E-state index in [4.69, 9.17) is 40.2 Å². The summed E-state index contributed by atoms with van der Waals surface area (Å²) >= 11 is 0. The average Bonchev–Trinajstić information content (AvgIpc) is 4.28. The second-order valence-corrected chi connectivity index (χ2v) is 23.4. The molecule has 1 unspecified atom stereocenters. The Morgan fingerprint density at radius 3 is 0.337 bits per heavy atom. The molecule has 0 aliphatic carbocycles. The first kappa shape index (κ1) is 121. The van der Waals surface area contributed by atoms with E-state index in [0.29, 0.717) is 6.61 Å². The van der Waals surface area contributed by atoms with Crippen LogP contribution in [0.2, 0.25) is 0 Å². The minimum Gasteiger partial charge on any atom is -0.867 e. The molecule has 0 saturated carbocycles. The second-order valence-electron chi connectivity index (χ2n) is 23.4. The van der Waals surface area contributed by atoms with E-state index in [9.17, 15) is 22.1 Å². The number of hydrogen-bond acceptors (Lipinski definition) is 11. The fraction of sp³-hybridized carbons (Fsp3) is 0.985. The van der Waals surface area contributed by atoms with Crippen molar-refractivity contribution in [3.05, 3.63) is 0 Å². The zero-order valence-corrected chi connectivity index (χ0v) is 69.3. The Morgan fingerprint density at radius 2 is 0.326 bits per heavy atom. The van der Waals surface area contributed by atoms with Crippen molar-refractivity contribution in [2.24, 2.45) is 0 Å². The lowest BCUT2D eigenvalue weighted by atomic mass is 10.3. The SMILES string of the molecule is CC1COC(=O)O1.CC[N+](CC)(CC)CC.CC[N+](CC)(CC)CC.CC[N+](CC)(CC)CC.CC[N+](CC)(CC)CC.CC[N+](CC)(CC)CC.CC[N+](CC)(CC)CC.CC[N+](CC)(CC)CC.CC[N+](CC)(CC)CC.[O-]B([O-])F.[O-]B([O-])F.[O-]B([O-])F.[O-]B([O-])F. The molecule has 95 heavy (non-hydrogen) atoms. The molecule has 0 aromatic carbocycles. The Kier molecular flexibility index (Phi) is 99.4. The van der Waals surface area contributed by atoms with Gasteiger partial charge in [-0.1, -0.05) is 0 Å². The Balaban J connectivity index is -0.0000000793. The van der Waals surface area contributed by atoms with Crippen LogP contribution < -0.4 is 40.2 Å². The molecule has 0 radical (unpaired) electrons. The second kappa shape index (κ2) is 78.3. The molecule has 0 aromatic heterocycles. The van der Waals surface area contributed by atoms with Crippen LogP contribution in [0, 0.1) is 0 Å². The number of ether oxygens (including phenoxy) is 2. The number of quaternary nitrogens is 8. The van der Waals surface area contributed by atoms with E-state index < -0.39 is 35.7 Å². The van der Waals surface area contributed by atoms with E-state index in [1.807, 2.05) is 0 Å². The molecule has 1 heterocycles. The average molecular weight is 1390 g/mol. The largest absolute Gasteiger partial charge is 0.867 e. The van der Waals surface area contributed by atoms with Gasteiger partial charge in [0.15, 0.2) is 0 Å². The summed E-state index contributed by atoms with van der Waals surface area (Å²) in [7, 11) is -12.7. The van der Waals surface area contributed by atoms with Crippen LogP contribution in [0.25, 0.3) is 0 Å². The van der Waals surface area contributed by atoms with Gasteiger partial charge in [0.1, 0.15) is 42.3 Å². The van der Waals surface area contributed by atoms with Crippen LogP contribution in [-0.4, -0.2) is 294 Å². The quantitative estimate of drug-likeness (QED) is 0.0317. The van der Waals surface area contributed by atoms with E-state index in [0.717, 1.165) is 0 Å². The molecule has 0 bridgehead atoms. The first-order valence-electron chi connectivity index (χ1n) is 37.6. The van der Waals surface area contributed by atoms with Crippen LogP contribution in [-0.2, 0) is 9.47 Å². The fourth-order valence-corrected chi connectivity index (χ4v) is 11.2. The van der Waals surface area contributed by atoms with Gasteiger partial charge in [-0.25, -0.2) is 4.79 Å². The van der Waals surface area contributed by atoms with Crippen molar-refractivity contribution in [1.82, 2.24) is 0 Å². The number of carbonyl (C=O) groups excluding carboxylic acids is 1. The van der Waals surface area contributed by atoms with E-state index in [2.05, 4.69) is 231 Å². The Labute approximate surface area is 591 Å². The van der Waals surface area contributed by atoms with Gasteiger partial charge in [0, 0.05) is 0 Å². The molecule has 0 spiro atoms. The van der Waals surface area contributed by atoms with Gasteiger partial charge in [0.05, 0.1) is 209 Å². The highest BCUT2D eigenvalue weighted by Crippen LogP contribution is 2.09. The van der Waals surface area contributed by atoms with E-state index in [-0.39, 0.29) is 6.10 Å². The minimum atomic E-state index is -3.17. The highest BCUT2D eigenvalue weighted by molar-refractivity contribution is 6.27. The van der Waals surface area contributed by atoms with Crippen molar-refractivity contribution in [1.29, 1.82) is 0 Å². The minimum absolute atomic E-state index is 0.0486. The normalized spacial score (nSPS) is 12.4. The summed E-state index contributed by atoms with van der Waals surface area (Å²) in [4.78, 5) is 10.0. The Hall–Kier alpha value is -1.39. The van der Waals surface area contributed by atoms with Crippen molar-refractivity contribution >= 4 is 35.7 Å². The lowest BCUT2D eigenvalue weighted by Crippen LogP contribution is -2.47. The molecule has 0 amide bonds. The molecule has 1 fully saturated rings. The Bertz CT molecular complexity index is 1050. The Morgan fingerprint density at radius 1 is 0.253 bits per heavy atom. The zero-order valence-electron chi connectivity index (χ0n) is 69.3. The molecule has 584 valence electrons. The standard InChI is InChI=1S/8C8H20N.C4H6O3.4BFO2/c8*1-5-9(6-2,7-3)8-4;1-3-2-6-4(5)7-3;4*2-1(3)4/h8*5-8H2,1-4H3;3H,2H2,1H3;;;;/q8*+1;;4*-2. The van der Waals surface area contributed by atoms with Crippen molar-refractivity contribution in [2.75, 3.05) is 216 Å². The van der Waals surface area contributed by atoms with Crippen molar-refractivity contribution < 1.29 is 108 Å². The molecule has 0 N–H and O–H groups in total. The molecular formula is C68H166B4F4N8O11. The predicted octanol–water partition coefficient (Wildman–Crippen LogP) is 6.25. The molecule has 19 nitrogen and oxygen atoms in total. The highest BCUT2D eigenvalue weighted by atomic mass is 19.1. The molecule has 0 aromatic rings. The summed E-state index contributed by atoms with van der Waals surface area (Å²) < 4.78 is 58.7. The summed E-state index contributed by atoms with van der Waals surface area (Å²) in [5.41, 5.74) is 0. The van der Waals surface area contributed by atoms with Crippen LogP contribution in [0.4, 0.5) is 22.1 Å². The first-order valence-corrected chi connectivity index (χ1v) is 37.6. The smallest absolute Gasteiger partial charge is 0.508 e. The van der Waals surface area contributed by atoms with Gasteiger partial charge >= 0.3 is 6.16 Å². The first-order chi connectivity index (χ1) is 44.2. The summed E-state index contributed by atoms with van der Waals surface area (Å²) in [6, 6.07) is 0. The van der Waals surface area contributed by atoms with Gasteiger partial charge in [0.2, 0.25) is 0 Å². The number of halogens is 4. The molecule has 1 aliphatic heterocycles. The lowest BCUT2D eigenvalue weighted by molar-refractivity contribution is -0.921. The third-order valence-electron chi connectivity index (χ3n) is 22.2. The molecule has 1 atom stereocenters. The number of rotatable bonds is 32. The molecule has 1 aliphatic rings. The van der Waals surface area contributed by atoms with Gasteiger partial charge in [-0.2, -0.15) is 0 Å². The van der Waals surface area contributed by atoms with Gasteiger partial charge in [-0.15, -0.1) is 0 Å². The number of nitrogens with zero attached hydrogens (tertiary/aromatic N) is 8. The number of cyclic esters (lactones) is 2. The van der Waals surface area contributed by atoms with Crippen molar-refractivity contribution in [3.8, 4) is 0 Å². The van der Waals surface area contributed by atoms with Gasteiger partial charge in [-0.05, 0) is 228 Å².